The van der Waals surface area contributed by atoms with Gasteiger partial charge in [0.1, 0.15) is 17.5 Å². The minimum atomic E-state index is -1.16. The van der Waals surface area contributed by atoms with E-state index < -0.39 is 41.9 Å². The number of anilines is 2. The van der Waals surface area contributed by atoms with E-state index in [2.05, 4.69) is 10.6 Å². The number of nitrogens with one attached hydrogen (secondary N) is 2. The molecule has 140 valence electrons. The molecule has 0 saturated carbocycles. The number of hydrogen-bond acceptors (Lipinski definition) is 5. The van der Waals surface area contributed by atoms with Gasteiger partial charge < -0.3 is 15.2 Å². The first-order chi connectivity index (χ1) is 12.0. The highest BCUT2D eigenvalue weighted by Gasteiger charge is 2.38. The maximum absolute atomic E-state index is 14.0. The summed E-state index contributed by atoms with van der Waals surface area (Å²) in [7, 11) is 0. The van der Waals surface area contributed by atoms with Crippen LogP contribution in [0, 0.1) is 5.82 Å². The van der Waals surface area contributed by atoms with Crippen LogP contribution in [0.3, 0.4) is 0 Å². The summed E-state index contributed by atoms with van der Waals surface area (Å²) in [5, 5.41) is 13.7. The third-order valence-electron chi connectivity index (χ3n) is 3.24. The average Bonchev–Trinajstić information content (AvgIpc) is 2.73. The minimum absolute atomic E-state index is 0.00363. The molecule has 0 bridgehead atoms. The quantitative estimate of drug-likeness (QED) is 0.684. The first kappa shape index (κ1) is 19.6. The molecule has 0 radical (unpaired) electrons. The standard InChI is InChI=1S/C16H18FN3O5S/c1-16(2,3)25-15(24)19-10-6-8(4-5-9(10)17)20-13(23)11(7-12(21)22)18-14(20)26/h4-6,11H,7H2,1-3H3,(H,18,26)(H,19,24)(H,21,22). The number of halogens is 1. The van der Waals surface area contributed by atoms with E-state index in [0.717, 1.165) is 11.0 Å². The molecule has 1 atom stereocenters. The molecule has 1 aromatic rings. The van der Waals surface area contributed by atoms with E-state index in [1.54, 1.807) is 20.8 Å². The number of carboxylic acids is 1. The van der Waals surface area contributed by atoms with Gasteiger partial charge in [0.25, 0.3) is 5.91 Å². The predicted molar refractivity (Wildman–Crippen MR) is 95.5 cm³/mol. The van der Waals surface area contributed by atoms with Gasteiger partial charge in [-0.25, -0.2) is 9.18 Å². The SMILES string of the molecule is CC(C)(C)OC(=O)Nc1cc(N2C(=O)C(CC(=O)O)NC2=S)ccc1F. The first-order valence-electron chi connectivity index (χ1n) is 7.64. The highest BCUT2D eigenvalue weighted by atomic mass is 32.1. The van der Waals surface area contributed by atoms with E-state index in [0.29, 0.717) is 0 Å². The van der Waals surface area contributed by atoms with E-state index in [1.807, 2.05) is 0 Å². The molecule has 0 aliphatic carbocycles. The van der Waals surface area contributed by atoms with Crippen LogP contribution in [-0.4, -0.2) is 39.8 Å². The van der Waals surface area contributed by atoms with Crippen LogP contribution in [0.2, 0.25) is 0 Å². The number of aliphatic carboxylic acids is 1. The molecule has 1 saturated heterocycles. The molecule has 1 fully saturated rings. The number of hydrogen-bond donors (Lipinski definition) is 3. The summed E-state index contributed by atoms with van der Waals surface area (Å²) in [5.74, 6) is -2.47. The average molecular weight is 383 g/mol. The number of amides is 2. The summed E-state index contributed by atoms with van der Waals surface area (Å²) >= 11 is 5.06. The molecule has 1 unspecified atom stereocenters. The first-order valence-corrected chi connectivity index (χ1v) is 8.04. The lowest BCUT2D eigenvalue weighted by Crippen LogP contribution is -2.32. The number of thiocarbonyl (C=S) groups is 1. The molecule has 0 spiro atoms. The normalized spacial score (nSPS) is 17.1. The van der Waals surface area contributed by atoms with Crippen molar-refractivity contribution >= 4 is 46.7 Å². The molecule has 1 aliphatic rings. The minimum Gasteiger partial charge on any atom is -0.481 e. The fraction of sp³-hybridized carbons (Fsp3) is 0.375. The summed E-state index contributed by atoms with van der Waals surface area (Å²) in [5.41, 5.74) is -0.777. The van der Waals surface area contributed by atoms with Crippen LogP contribution in [0.5, 0.6) is 0 Å². The number of carbonyl (C=O) groups excluding carboxylic acids is 2. The second-order valence-corrected chi connectivity index (χ2v) is 6.95. The largest absolute Gasteiger partial charge is 0.481 e. The van der Waals surface area contributed by atoms with E-state index >= 15 is 0 Å². The van der Waals surface area contributed by atoms with Crippen molar-refractivity contribution in [3.63, 3.8) is 0 Å². The Balaban J connectivity index is 2.23. The summed E-state index contributed by atoms with van der Waals surface area (Å²) in [6, 6.07) is 2.56. The summed E-state index contributed by atoms with van der Waals surface area (Å²) < 4.78 is 19.1. The van der Waals surface area contributed by atoms with Crippen LogP contribution >= 0.6 is 12.2 Å². The topological polar surface area (TPSA) is 108 Å². The number of nitrogens with zero attached hydrogens (tertiary/aromatic N) is 1. The van der Waals surface area contributed by atoms with Crippen molar-refractivity contribution in [3.8, 4) is 0 Å². The van der Waals surface area contributed by atoms with Gasteiger partial charge in [-0.3, -0.25) is 19.8 Å². The second-order valence-electron chi connectivity index (χ2n) is 6.56. The van der Waals surface area contributed by atoms with Crippen molar-refractivity contribution in [1.82, 2.24) is 5.32 Å². The number of carboxylic acid groups (broad SMARTS) is 1. The van der Waals surface area contributed by atoms with Gasteiger partial charge in [0.05, 0.1) is 17.8 Å². The lowest BCUT2D eigenvalue weighted by molar-refractivity contribution is -0.139. The Morgan fingerprint density at radius 3 is 2.65 bits per heavy atom. The van der Waals surface area contributed by atoms with Crippen molar-refractivity contribution in [3.05, 3.63) is 24.0 Å². The van der Waals surface area contributed by atoms with E-state index in [-0.39, 0.29) is 16.5 Å². The van der Waals surface area contributed by atoms with Gasteiger partial charge in [-0.05, 0) is 51.2 Å². The zero-order valence-electron chi connectivity index (χ0n) is 14.3. The number of carbonyl (C=O) groups is 3. The molecule has 26 heavy (non-hydrogen) atoms. The monoisotopic (exact) mass is 383 g/mol. The van der Waals surface area contributed by atoms with Crippen LogP contribution in [0.15, 0.2) is 18.2 Å². The Morgan fingerprint density at radius 2 is 2.08 bits per heavy atom. The molecular formula is C16H18FN3O5S. The van der Waals surface area contributed by atoms with Crippen molar-refractivity contribution in [2.75, 3.05) is 10.2 Å². The molecule has 1 aliphatic heterocycles. The summed E-state index contributed by atoms with van der Waals surface area (Å²) in [6.45, 7) is 4.98. The molecule has 0 aromatic heterocycles. The molecule has 1 aromatic carbocycles. The lowest BCUT2D eigenvalue weighted by atomic mass is 10.2. The molecule has 2 rings (SSSR count). The zero-order chi connectivity index (χ0) is 19.6. The smallest absolute Gasteiger partial charge is 0.412 e. The van der Waals surface area contributed by atoms with Gasteiger partial charge in [0.2, 0.25) is 0 Å². The van der Waals surface area contributed by atoms with Crippen molar-refractivity contribution in [1.29, 1.82) is 0 Å². The van der Waals surface area contributed by atoms with Crippen LogP contribution in [0.4, 0.5) is 20.6 Å². The Hall–Kier alpha value is -2.75. The van der Waals surface area contributed by atoms with Crippen molar-refractivity contribution in [2.45, 2.75) is 38.8 Å². The van der Waals surface area contributed by atoms with Gasteiger partial charge in [-0.2, -0.15) is 0 Å². The third kappa shape index (κ3) is 4.66. The number of ether oxygens (including phenoxy) is 1. The second kappa shape index (κ2) is 7.24. The molecule has 8 nitrogen and oxygen atoms in total. The molecule has 3 N–H and O–H groups in total. The Kier molecular flexibility index (Phi) is 5.45. The maximum Gasteiger partial charge on any atom is 0.412 e. The third-order valence-corrected chi connectivity index (χ3v) is 3.54. The van der Waals surface area contributed by atoms with Crippen molar-refractivity contribution in [2.24, 2.45) is 0 Å². The van der Waals surface area contributed by atoms with E-state index in [4.69, 9.17) is 22.1 Å². The summed E-state index contributed by atoms with van der Waals surface area (Å²) in [4.78, 5) is 36.1. The molecular weight excluding hydrogens is 365 g/mol. The Morgan fingerprint density at radius 1 is 1.42 bits per heavy atom. The van der Waals surface area contributed by atoms with E-state index in [9.17, 15) is 18.8 Å². The van der Waals surface area contributed by atoms with E-state index in [1.165, 1.54) is 12.1 Å². The van der Waals surface area contributed by atoms with Gasteiger partial charge in [0, 0.05) is 0 Å². The zero-order valence-corrected chi connectivity index (χ0v) is 15.1. The molecule has 10 heteroatoms. The highest BCUT2D eigenvalue weighted by molar-refractivity contribution is 7.80. The van der Waals surface area contributed by atoms with Crippen molar-refractivity contribution < 1.29 is 28.6 Å². The predicted octanol–water partition coefficient (Wildman–Crippen LogP) is 2.24. The fourth-order valence-electron chi connectivity index (χ4n) is 2.25. The van der Waals surface area contributed by atoms with Crippen LogP contribution in [0.1, 0.15) is 27.2 Å². The van der Waals surface area contributed by atoms with Crippen LogP contribution in [0.25, 0.3) is 0 Å². The number of benzene rings is 1. The Bertz CT molecular complexity index is 778. The van der Waals surface area contributed by atoms with Crippen LogP contribution in [-0.2, 0) is 14.3 Å². The Labute approximate surface area is 154 Å². The van der Waals surface area contributed by atoms with Gasteiger partial charge in [-0.15, -0.1) is 0 Å². The fourth-order valence-corrected chi connectivity index (χ4v) is 2.59. The van der Waals surface area contributed by atoms with Gasteiger partial charge in [0.15, 0.2) is 5.11 Å². The molecule has 1 heterocycles. The number of rotatable bonds is 4. The molecule has 2 amide bonds. The van der Waals surface area contributed by atoms with Crippen LogP contribution < -0.4 is 15.5 Å². The lowest BCUT2D eigenvalue weighted by Gasteiger charge is -2.20. The van der Waals surface area contributed by atoms with Gasteiger partial charge in [-0.1, -0.05) is 0 Å². The van der Waals surface area contributed by atoms with Gasteiger partial charge >= 0.3 is 12.1 Å². The highest BCUT2D eigenvalue weighted by Crippen LogP contribution is 2.26. The summed E-state index contributed by atoms with van der Waals surface area (Å²) in [6.07, 6.45) is -1.30. The maximum atomic E-state index is 14.0.